The fourth-order valence-electron chi connectivity index (χ4n) is 3.62. The van der Waals surface area contributed by atoms with Crippen molar-refractivity contribution in [2.24, 2.45) is 0 Å². The number of amidine groups is 1. The molecule has 9 heteroatoms. The van der Waals surface area contributed by atoms with Crippen molar-refractivity contribution in [1.82, 2.24) is 9.80 Å². The number of anilines is 2. The van der Waals surface area contributed by atoms with Gasteiger partial charge in [-0.2, -0.15) is 5.26 Å². The Morgan fingerprint density at radius 1 is 0.919 bits per heavy atom. The number of nitriles is 1. The third kappa shape index (κ3) is 7.96. The highest BCUT2D eigenvalue weighted by molar-refractivity contribution is 6.42. The van der Waals surface area contributed by atoms with Crippen molar-refractivity contribution in [2.75, 3.05) is 51.0 Å². The molecule has 3 aromatic rings. The van der Waals surface area contributed by atoms with Gasteiger partial charge >= 0.3 is 6.03 Å². The van der Waals surface area contributed by atoms with Crippen LogP contribution in [0, 0.1) is 16.7 Å². The first-order valence-corrected chi connectivity index (χ1v) is 12.5. The lowest BCUT2D eigenvalue weighted by atomic mass is 10.0. The number of nitrogens with zero attached hydrogens (tertiary/aromatic N) is 4. The second-order valence-electron chi connectivity index (χ2n) is 8.84. The molecule has 0 atom stereocenters. The van der Waals surface area contributed by atoms with Gasteiger partial charge in [0.1, 0.15) is 0 Å². The summed E-state index contributed by atoms with van der Waals surface area (Å²) in [6, 6.07) is 21.9. The smallest absolute Gasteiger partial charge is 0.326 e. The molecule has 0 heterocycles. The van der Waals surface area contributed by atoms with Gasteiger partial charge in [0, 0.05) is 51.5 Å². The van der Waals surface area contributed by atoms with E-state index in [2.05, 4.69) is 16.3 Å². The number of rotatable bonds is 9. The number of carbonyl (C=O) groups is 1. The van der Waals surface area contributed by atoms with Crippen LogP contribution >= 0.6 is 23.2 Å². The van der Waals surface area contributed by atoms with Crippen LogP contribution in [0.5, 0.6) is 0 Å². The van der Waals surface area contributed by atoms with Crippen molar-refractivity contribution >= 4 is 46.4 Å². The van der Waals surface area contributed by atoms with Crippen LogP contribution in [0.25, 0.3) is 11.1 Å². The number of hydrogen-bond acceptors (Lipinski definition) is 4. The van der Waals surface area contributed by atoms with Crippen LogP contribution in [-0.2, 0) is 0 Å². The molecule has 0 unspecified atom stereocenters. The van der Waals surface area contributed by atoms with Gasteiger partial charge < -0.3 is 15.1 Å². The summed E-state index contributed by atoms with van der Waals surface area (Å²) in [5, 5.41) is 20.9. The fourth-order valence-corrected chi connectivity index (χ4v) is 3.92. The molecular weight excluding hydrogens is 507 g/mol. The van der Waals surface area contributed by atoms with Gasteiger partial charge in [-0.15, -0.1) is 0 Å². The molecule has 2 N–H and O–H groups in total. The first-order chi connectivity index (χ1) is 17.7. The number of benzene rings is 3. The second kappa shape index (κ2) is 13.1. The molecule has 192 valence electrons. The van der Waals surface area contributed by atoms with E-state index in [1.54, 1.807) is 34.1 Å². The number of carbonyl (C=O) groups excluding carboxylic acids is 1. The minimum atomic E-state index is -0.299. The SMILES string of the molecule is CN(CCC(=N)N(C)C)CCN(C(=O)Nc1ccc(Cl)c(Cl)c1)c1ccc(-c2cccc(C#N)c2)cc1. The average Bonchev–Trinajstić information content (AvgIpc) is 2.89. The van der Waals surface area contributed by atoms with Gasteiger partial charge in [0.05, 0.1) is 27.5 Å². The fraction of sp³-hybridized carbons (Fsp3) is 0.250. The summed E-state index contributed by atoms with van der Waals surface area (Å²) < 4.78 is 0. The van der Waals surface area contributed by atoms with Crippen molar-refractivity contribution in [2.45, 2.75) is 6.42 Å². The standard InChI is InChI=1S/C28H30Cl2N6O/c1-34(2)27(32)13-14-35(3)15-16-36(28(37)33-23-9-12-25(29)26(30)18-23)24-10-7-21(8-11-24)22-6-4-5-20(17-22)19-31/h4-12,17-18,32H,13-16H2,1-3H3,(H,33,37). The maximum Gasteiger partial charge on any atom is 0.326 e. The molecule has 7 nitrogen and oxygen atoms in total. The summed E-state index contributed by atoms with van der Waals surface area (Å²) in [5.41, 5.74) is 3.74. The average molecular weight is 537 g/mol. The van der Waals surface area contributed by atoms with Crippen molar-refractivity contribution in [1.29, 1.82) is 10.7 Å². The molecule has 0 aliphatic carbocycles. The predicted molar refractivity (Wildman–Crippen MR) is 153 cm³/mol. The number of halogens is 2. The van der Waals surface area contributed by atoms with E-state index < -0.39 is 0 Å². The van der Waals surface area contributed by atoms with E-state index in [0.29, 0.717) is 53.2 Å². The van der Waals surface area contributed by atoms with E-state index in [9.17, 15) is 10.1 Å². The summed E-state index contributed by atoms with van der Waals surface area (Å²) >= 11 is 12.2. The molecule has 0 radical (unpaired) electrons. The Hall–Kier alpha value is -3.57. The van der Waals surface area contributed by atoms with Crippen molar-refractivity contribution < 1.29 is 4.79 Å². The summed E-state index contributed by atoms with van der Waals surface area (Å²) in [5.74, 6) is 0.553. The highest BCUT2D eigenvalue weighted by Crippen LogP contribution is 2.27. The predicted octanol–water partition coefficient (Wildman–Crippen LogP) is 6.43. The molecule has 0 fully saturated rings. The van der Waals surface area contributed by atoms with Crippen LogP contribution in [0.4, 0.5) is 16.2 Å². The minimum Gasteiger partial charge on any atom is -0.367 e. The van der Waals surface area contributed by atoms with Gasteiger partial charge in [0.25, 0.3) is 0 Å². The zero-order valence-corrected chi connectivity index (χ0v) is 22.6. The number of urea groups is 1. The number of nitrogens with one attached hydrogen (secondary N) is 2. The van der Waals surface area contributed by atoms with Crippen LogP contribution in [0.1, 0.15) is 12.0 Å². The summed E-state index contributed by atoms with van der Waals surface area (Å²) in [6.07, 6.45) is 0.620. The molecular formula is C28H30Cl2N6O. The van der Waals surface area contributed by atoms with Gasteiger partial charge in [0.2, 0.25) is 0 Å². The minimum absolute atomic E-state index is 0.299. The molecule has 0 saturated heterocycles. The van der Waals surface area contributed by atoms with Crippen molar-refractivity contribution in [3.8, 4) is 17.2 Å². The maximum absolute atomic E-state index is 13.4. The number of amides is 2. The zero-order chi connectivity index (χ0) is 26.9. The monoisotopic (exact) mass is 536 g/mol. The van der Waals surface area contributed by atoms with Gasteiger partial charge in [0.15, 0.2) is 0 Å². The van der Waals surface area contributed by atoms with E-state index in [0.717, 1.165) is 16.8 Å². The van der Waals surface area contributed by atoms with E-state index >= 15 is 0 Å². The normalized spacial score (nSPS) is 10.6. The summed E-state index contributed by atoms with van der Waals surface area (Å²) in [4.78, 5) is 18.9. The molecule has 37 heavy (non-hydrogen) atoms. The van der Waals surface area contributed by atoms with Crippen LogP contribution in [0.2, 0.25) is 10.0 Å². The highest BCUT2D eigenvalue weighted by Gasteiger charge is 2.18. The Balaban J connectivity index is 1.79. The van der Waals surface area contributed by atoms with E-state index in [1.165, 1.54) is 0 Å². The molecule has 0 aliphatic heterocycles. The Bertz CT molecular complexity index is 1290. The molecule has 0 bridgehead atoms. The van der Waals surface area contributed by atoms with Gasteiger partial charge in [-0.25, -0.2) is 4.79 Å². The van der Waals surface area contributed by atoms with Crippen LogP contribution in [-0.4, -0.2) is 62.4 Å². The van der Waals surface area contributed by atoms with Gasteiger partial charge in [-0.05, 0) is 60.6 Å². The topological polar surface area (TPSA) is 86.5 Å². The largest absolute Gasteiger partial charge is 0.367 e. The van der Waals surface area contributed by atoms with Crippen LogP contribution in [0.15, 0.2) is 66.7 Å². The second-order valence-corrected chi connectivity index (χ2v) is 9.66. The molecule has 0 spiro atoms. The molecule has 2 amide bonds. The van der Waals surface area contributed by atoms with Crippen molar-refractivity contribution in [3.63, 3.8) is 0 Å². The lowest BCUT2D eigenvalue weighted by Crippen LogP contribution is -2.40. The lowest BCUT2D eigenvalue weighted by Gasteiger charge is -2.27. The number of likely N-dealkylation sites (N-methyl/N-ethyl adjacent to an activating group) is 1. The quantitative estimate of drug-likeness (QED) is 0.243. The van der Waals surface area contributed by atoms with E-state index in [4.69, 9.17) is 28.6 Å². The van der Waals surface area contributed by atoms with Crippen LogP contribution in [0.3, 0.4) is 0 Å². The zero-order valence-electron chi connectivity index (χ0n) is 21.1. The third-order valence-corrected chi connectivity index (χ3v) is 6.63. The Morgan fingerprint density at radius 2 is 1.65 bits per heavy atom. The Labute approximate surface area is 228 Å². The first-order valence-electron chi connectivity index (χ1n) is 11.8. The summed E-state index contributed by atoms with van der Waals surface area (Å²) in [7, 11) is 5.69. The third-order valence-electron chi connectivity index (χ3n) is 5.90. The van der Waals surface area contributed by atoms with Gasteiger partial charge in [-0.1, -0.05) is 47.5 Å². The maximum atomic E-state index is 13.4. The van der Waals surface area contributed by atoms with E-state index in [-0.39, 0.29) is 6.03 Å². The molecule has 0 aromatic heterocycles. The molecule has 0 aliphatic rings. The Kier molecular flexibility index (Phi) is 9.93. The van der Waals surface area contributed by atoms with E-state index in [1.807, 2.05) is 63.6 Å². The van der Waals surface area contributed by atoms with Gasteiger partial charge in [-0.3, -0.25) is 10.3 Å². The molecule has 0 saturated carbocycles. The molecule has 3 rings (SSSR count). The Morgan fingerprint density at radius 3 is 2.30 bits per heavy atom. The first kappa shape index (κ1) is 28.0. The summed E-state index contributed by atoms with van der Waals surface area (Å²) in [6.45, 7) is 1.75. The number of hydrogen-bond donors (Lipinski definition) is 2. The van der Waals surface area contributed by atoms with Crippen LogP contribution < -0.4 is 10.2 Å². The lowest BCUT2D eigenvalue weighted by molar-refractivity contribution is 0.255. The van der Waals surface area contributed by atoms with Crippen molar-refractivity contribution in [3.05, 3.63) is 82.3 Å². The highest BCUT2D eigenvalue weighted by atomic mass is 35.5. The molecule has 3 aromatic carbocycles.